The van der Waals surface area contributed by atoms with Crippen LogP contribution in [0.15, 0.2) is 12.1 Å². The number of hydrogen-bond donors (Lipinski definition) is 1. The van der Waals surface area contributed by atoms with Crippen molar-refractivity contribution in [2.75, 3.05) is 32.9 Å². The van der Waals surface area contributed by atoms with Crippen molar-refractivity contribution in [3.05, 3.63) is 22.7 Å². The summed E-state index contributed by atoms with van der Waals surface area (Å²) >= 11 is 1.34. The Morgan fingerprint density at radius 1 is 1.36 bits per heavy atom. The molecule has 0 saturated carbocycles. The quantitative estimate of drug-likeness (QED) is 0.892. The van der Waals surface area contributed by atoms with Crippen LogP contribution in [0.3, 0.4) is 0 Å². The van der Waals surface area contributed by atoms with Gasteiger partial charge in [0.15, 0.2) is 0 Å². The highest BCUT2D eigenvalue weighted by atomic mass is 32.1. The third-order valence-electron chi connectivity index (χ3n) is 4.95. The first-order valence-electron chi connectivity index (χ1n) is 8.39. The molecular weight excluding hydrogens is 336 g/mol. The number of nitrogen functional groups attached to an aromatic ring is 1. The van der Waals surface area contributed by atoms with E-state index in [0.717, 1.165) is 35.3 Å². The van der Waals surface area contributed by atoms with Crippen molar-refractivity contribution in [3.8, 4) is 0 Å². The van der Waals surface area contributed by atoms with E-state index in [4.69, 9.17) is 10.7 Å². The molecule has 0 unspecified atom stereocenters. The van der Waals surface area contributed by atoms with E-state index < -0.39 is 0 Å². The van der Waals surface area contributed by atoms with Gasteiger partial charge in [-0.15, -0.1) is 11.3 Å². The van der Waals surface area contributed by atoms with Crippen molar-refractivity contribution >= 4 is 39.1 Å². The van der Waals surface area contributed by atoms with Crippen LogP contribution in [-0.2, 0) is 10.2 Å². The van der Waals surface area contributed by atoms with E-state index in [9.17, 15) is 9.59 Å². The van der Waals surface area contributed by atoms with Crippen molar-refractivity contribution in [2.24, 2.45) is 0 Å². The van der Waals surface area contributed by atoms with Gasteiger partial charge in [0.25, 0.3) is 5.91 Å². The Morgan fingerprint density at radius 2 is 2.08 bits per heavy atom. The first kappa shape index (κ1) is 17.7. The predicted molar refractivity (Wildman–Crippen MR) is 101 cm³/mol. The maximum atomic E-state index is 12.3. The average molecular weight is 360 g/mol. The molecule has 6 nitrogen and oxygen atoms in total. The number of fused-ring (bicyclic) bond motifs is 1. The average Bonchev–Trinajstić information content (AvgIpc) is 2.90. The maximum Gasteiger partial charge on any atom is 0.265 e. The lowest BCUT2D eigenvalue weighted by Crippen LogP contribution is -2.46. The highest BCUT2D eigenvalue weighted by molar-refractivity contribution is 7.21. The van der Waals surface area contributed by atoms with Crippen molar-refractivity contribution in [2.45, 2.75) is 32.1 Å². The van der Waals surface area contributed by atoms with Crippen LogP contribution in [0.4, 0.5) is 5.69 Å². The maximum absolute atomic E-state index is 12.3. The van der Waals surface area contributed by atoms with E-state index in [2.05, 4.69) is 6.92 Å². The molecule has 2 aromatic heterocycles. The molecule has 2 N–H and O–H groups in total. The van der Waals surface area contributed by atoms with Crippen LogP contribution in [0, 0.1) is 0 Å². The van der Waals surface area contributed by atoms with Gasteiger partial charge >= 0.3 is 0 Å². The van der Waals surface area contributed by atoms with Crippen LogP contribution in [0.5, 0.6) is 0 Å². The Morgan fingerprint density at radius 3 is 2.72 bits per heavy atom. The van der Waals surface area contributed by atoms with Gasteiger partial charge in [0, 0.05) is 50.6 Å². The van der Waals surface area contributed by atoms with Crippen LogP contribution in [-0.4, -0.2) is 53.8 Å². The van der Waals surface area contributed by atoms with E-state index in [1.807, 2.05) is 17.0 Å². The van der Waals surface area contributed by atoms with Crippen molar-refractivity contribution in [3.63, 3.8) is 0 Å². The predicted octanol–water partition coefficient (Wildman–Crippen LogP) is 2.48. The molecule has 0 spiro atoms. The molecule has 134 valence electrons. The number of nitrogens with two attached hydrogens (primary N) is 1. The molecule has 0 aliphatic carbocycles. The van der Waals surface area contributed by atoms with Gasteiger partial charge < -0.3 is 15.5 Å². The number of carbonyl (C=O) groups is 2. The molecule has 1 atom stereocenters. The lowest BCUT2D eigenvalue weighted by molar-refractivity contribution is -0.130. The molecule has 2 amide bonds. The number of likely N-dealkylation sites (tertiary alicyclic amines) is 1. The van der Waals surface area contributed by atoms with Crippen molar-refractivity contribution in [1.29, 1.82) is 0 Å². The monoisotopic (exact) mass is 360 g/mol. The molecule has 1 fully saturated rings. The van der Waals surface area contributed by atoms with E-state index in [-0.39, 0.29) is 17.2 Å². The van der Waals surface area contributed by atoms with Gasteiger partial charge in [-0.05, 0) is 25.0 Å². The summed E-state index contributed by atoms with van der Waals surface area (Å²) in [6.45, 7) is 5.24. The molecule has 0 radical (unpaired) electrons. The van der Waals surface area contributed by atoms with Crippen LogP contribution in [0.25, 0.3) is 10.2 Å². The normalized spacial score (nSPS) is 20.7. The number of amides is 2. The number of carbonyl (C=O) groups excluding carboxylic acids is 2. The highest BCUT2D eigenvalue weighted by Gasteiger charge is 2.35. The van der Waals surface area contributed by atoms with Gasteiger partial charge in [0.05, 0.1) is 5.69 Å². The van der Waals surface area contributed by atoms with Crippen LogP contribution >= 0.6 is 11.3 Å². The first-order chi connectivity index (χ1) is 11.7. The summed E-state index contributed by atoms with van der Waals surface area (Å²) in [6.07, 6.45) is 1.95. The largest absolute Gasteiger partial charge is 0.397 e. The molecule has 3 heterocycles. The zero-order valence-electron chi connectivity index (χ0n) is 15.1. The summed E-state index contributed by atoms with van der Waals surface area (Å²) < 4.78 is 0. The topological polar surface area (TPSA) is 79.5 Å². The van der Waals surface area contributed by atoms with Gasteiger partial charge in [0.2, 0.25) is 5.91 Å². The summed E-state index contributed by atoms with van der Waals surface area (Å²) in [4.78, 5) is 33.6. The molecule has 2 aromatic rings. The van der Waals surface area contributed by atoms with E-state index in [1.54, 1.807) is 21.0 Å². The number of aromatic nitrogens is 1. The zero-order chi connectivity index (χ0) is 18.4. The number of nitrogens with zero attached hydrogens (tertiary/aromatic N) is 3. The Kier molecular flexibility index (Phi) is 4.45. The molecule has 7 heteroatoms. The van der Waals surface area contributed by atoms with E-state index >= 15 is 0 Å². The fourth-order valence-corrected chi connectivity index (χ4v) is 4.53. The third-order valence-corrected chi connectivity index (χ3v) is 6.06. The minimum Gasteiger partial charge on any atom is -0.397 e. The Balaban J connectivity index is 2.01. The third kappa shape index (κ3) is 3.08. The molecule has 0 bridgehead atoms. The lowest BCUT2D eigenvalue weighted by atomic mass is 9.78. The molecule has 1 aliphatic heterocycles. The Bertz CT molecular complexity index is 845. The molecule has 1 saturated heterocycles. The summed E-state index contributed by atoms with van der Waals surface area (Å²) in [6, 6.07) is 3.94. The van der Waals surface area contributed by atoms with E-state index in [1.165, 1.54) is 16.2 Å². The second-order valence-corrected chi connectivity index (χ2v) is 8.20. The smallest absolute Gasteiger partial charge is 0.265 e. The second kappa shape index (κ2) is 6.29. The summed E-state index contributed by atoms with van der Waals surface area (Å²) in [5, 5.41) is 0.821. The Hall–Kier alpha value is -2.15. The zero-order valence-corrected chi connectivity index (χ0v) is 15.9. The van der Waals surface area contributed by atoms with Gasteiger partial charge in [-0.25, -0.2) is 4.98 Å². The molecule has 25 heavy (non-hydrogen) atoms. The number of pyridine rings is 1. The first-order valence-corrected chi connectivity index (χ1v) is 9.21. The number of thiophene rings is 1. The van der Waals surface area contributed by atoms with Crippen LogP contribution in [0.2, 0.25) is 0 Å². The number of rotatable bonds is 2. The van der Waals surface area contributed by atoms with Crippen molar-refractivity contribution in [1.82, 2.24) is 14.8 Å². The summed E-state index contributed by atoms with van der Waals surface area (Å²) in [5.74, 6) is -0.0000741. The van der Waals surface area contributed by atoms with Gasteiger partial charge in [0.1, 0.15) is 9.71 Å². The van der Waals surface area contributed by atoms with E-state index in [0.29, 0.717) is 17.1 Å². The Labute approximate surface area is 151 Å². The standard InChI is InChI=1S/C18H24N4O2S/c1-11(23)22-9-5-8-18(2,10-22)13-7-6-12-14(19)15(17(24)21(3)4)25-16(12)20-13/h6-7H,5,8-10,19H2,1-4H3/t18-/m1/s1. The minimum atomic E-state index is -0.178. The fraction of sp³-hybridized carbons (Fsp3) is 0.500. The summed E-state index contributed by atoms with van der Waals surface area (Å²) in [7, 11) is 3.43. The SMILES string of the molecule is CC(=O)N1CCC[C@@](C)(c2ccc3c(N)c(C(=O)N(C)C)sc3n2)C1. The van der Waals surface area contributed by atoms with Gasteiger partial charge in [-0.1, -0.05) is 6.92 Å². The van der Waals surface area contributed by atoms with Crippen molar-refractivity contribution < 1.29 is 9.59 Å². The fourth-order valence-electron chi connectivity index (χ4n) is 3.41. The second-order valence-electron chi connectivity index (χ2n) is 7.20. The molecule has 1 aliphatic rings. The highest BCUT2D eigenvalue weighted by Crippen LogP contribution is 2.37. The van der Waals surface area contributed by atoms with Gasteiger partial charge in [-0.2, -0.15) is 0 Å². The number of anilines is 1. The van der Waals surface area contributed by atoms with Gasteiger partial charge in [-0.3, -0.25) is 9.59 Å². The molecule has 0 aromatic carbocycles. The molecular formula is C18H24N4O2S. The number of piperidine rings is 1. The van der Waals surface area contributed by atoms with Crippen LogP contribution in [0.1, 0.15) is 42.1 Å². The lowest BCUT2D eigenvalue weighted by Gasteiger charge is -2.39. The molecule has 3 rings (SSSR count). The number of hydrogen-bond acceptors (Lipinski definition) is 5. The summed E-state index contributed by atoms with van der Waals surface area (Å²) in [5.41, 5.74) is 7.44. The van der Waals surface area contributed by atoms with Crippen LogP contribution < -0.4 is 5.73 Å². The minimum absolute atomic E-state index is 0.103.